The first kappa shape index (κ1) is 19.4. The number of halogens is 1. The van der Waals surface area contributed by atoms with Crippen LogP contribution in [0.25, 0.3) is 0 Å². The Bertz CT molecular complexity index is 460. The van der Waals surface area contributed by atoms with Gasteiger partial charge in [0.05, 0.1) is 0 Å². The van der Waals surface area contributed by atoms with Gasteiger partial charge in [-0.25, -0.2) is 0 Å². The van der Waals surface area contributed by atoms with Crippen molar-refractivity contribution in [1.29, 1.82) is 0 Å². The topological polar surface area (TPSA) is 70.2 Å². The third kappa shape index (κ3) is 6.60. The third-order valence-corrected chi connectivity index (χ3v) is 3.00. The van der Waals surface area contributed by atoms with Crippen molar-refractivity contribution in [3.8, 4) is 0 Å². The molecule has 0 heterocycles. The first-order valence-electron chi connectivity index (χ1n) is 6.80. The second-order valence-electron chi connectivity index (χ2n) is 5.12. The lowest BCUT2D eigenvalue weighted by Crippen LogP contribution is -2.37. The highest BCUT2D eigenvalue weighted by Crippen LogP contribution is 2.11. The van der Waals surface area contributed by atoms with Gasteiger partial charge in [-0.05, 0) is 38.2 Å². The van der Waals surface area contributed by atoms with Crippen LogP contribution in [0.3, 0.4) is 0 Å². The predicted molar refractivity (Wildman–Crippen MR) is 88.0 cm³/mol. The van der Waals surface area contributed by atoms with E-state index in [1.54, 1.807) is 24.3 Å². The summed E-state index contributed by atoms with van der Waals surface area (Å²) < 4.78 is 0. The smallest absolute Gasteiger partial charge is 0.251 e. The molecule has 0 saturated heterocycles. The fraction of sp³-hybridized carbons (Fsp3) is 0.467. The summed E-state index contributed by atoms with van der Waals surface area (Å²) in [5, 5.41) is 8.68. The second kappa shape index (κ2) is 9.37. The molecule has 1 atom stereocenters. The zero-order valence-corrected chi connectivity index (χ0v) is 13.7. The van der Waals surface area contributed by atoms with Gasteiger partial charge < -0.3 is 16.0 Å². The van der Waals surface area contributed by atoms with Crippen LogP contribution in [-0.4, -0.2) is 31.4 Å². The minimum absolute atomic E-state index is 0. The standard InChI is InChI=1S/C15H23N3O2.ClH/c1-10(2)14(19)18-13-7-5-12(6-8-13)15(20)17-9-11(3)16-4;/h5-8,10-11,16H,9H2,1-4H3,(H,17,20)(H,18,19);1H. The quantitative estimate of drug-likeness (QED) is 0.752. The number of carbonyl (C=O) groups excluding carboxylic acids is 2. The van der Waals surface area contributed by atoms with Gasteiger partial charge >= 0.3 is 0 Å². The van der Waals surface area contributed by atoms with Crippen molar-refractivity contribution in [3.05, 3.63) is 29.8 Å². The first-order chi connectivity index (χ1) is 9.43. The monoisotopic (exact) mass is 313 g/mol. The molecule has 0 spiro atoms. The maximum atomic E-state index is 11.9. The van der Waals surface area contributed by atoms with Gasteiger partial charge in [0, 0.05) is 29.8 Å². The molecule has 0 aliphatic rings. The van der Waals surface area contributed by atoms with Crippen LogP contribution in [0, 0.1) is 5.92 Å². The summed E-state index contributed by atoms with van der Waals surface area (Å²) >= 11 is 0. The maximum Gasteiger partial charge on any atom is 0.251 e. The number of anilines is 1. The van der Waals surface area contributed by atoms with Gasteiger partial charge in [-0.1, -0.05) is 13.8 Å². The number of nitrogens with one attached hydrogen (secondary N) is 3. The van der Waals surface area contributed by atoms with Gasteiger partial charge in [0.15, 0.2) is 0 Å². The van der Waals surface area contributed by atoms with Crippen LogP contribution in [0.1, 0.15) is 31.1 Å². The molecule has 118 valence electrons. The lowest BCUT2D eigenvalue weighted by Gasteiger charge is -2.12. The van der Waals surface area contributed by atoms with E-state index in [9.17, 15) is 9.59 Å². The van der Waals surface area contributed by atoms with Crippen molar-refractivity contribution in [2.45, 2.75) is 26.8 Å². The molecule has 1 aromatic rings. The molecule has 5 nitrogen and oxygen atoms in total. The summed E-state index contributed by atoms with van der Waals surface area (Å²) in [6.45, 7) is 6.23. The Hall–Kier alpha value is -1.59. The van der Waals surface area contributed by atoms with E-state index in [1.807, 2.05) is 27.8 Å². The number of benzene rings is 1. The number of rotatable bonds is 6. The Morgan fingerprint density at radius 2 is 1.67 bits per heavy atom. The predicted octanol–water partition coefficient (Wildman–Crippen LogP) is 2.04. The maximum absolute atomic E-state index is 11.9. The molecule has 21 heavy (non-hydrogen) atoms. The summed E-state index contributed by atoms with van der Waals surface area (Å²) in [6.07, 6.45) is 0. The van der Waals surface area contributed by atoms with Gasteiger partial charge in [0.25, 0.3) is 5.91 Å². The number of hydrogen-bond donors (Lipinski definition) is 3. The van der Waals surface area contributed by atoms with Crippen LogP contribution in [0.5, 0.6) is 0 Å². The van der Waals surface area contributed by atoms with E-state index >= 15 is 0 Å². The zero-order chi connectivity index (χ0) is 15.1. The van der Waals surface area contributed by atoms with Gasteiger partial charge in [-0.3, -0.25) is 9.59 Å². The van der Waals surface area contributed by atoms with Crippen LogP contribution in [-0.2, 0) is 4.79 Å². The molecule has 0 aromatic heterocycles. The van der Waals surface area contributed by atoms with Crippen LogP contribution in [0.15, 0.2) is 24.3 Å². The van der Waals surface area contributed by atoms with E-state index in [4.69, 9.17) is 0 Å². The Morgan fingerprint density at radius 3 is 2.14 bits per heavy atom. The molecule has 0 saturated carbocycles. The Balaban J connectivity index is 0.00000400. The van der Waals surface area contributed by atoms with Crippen LogP contribution in [0.4, 0.5) is 5.69 Å². The fourth-order valence-corrected chi connectivity index (χ4v) is 1.44. The summed E-state index contributed by atoms with van der Waals surface area (Å²) in [5.41, 5.74) is 1.28. The molecule has 0 bridgehead atoms. The molecule has 3 N–H and O–H groups in total. The van der Waals surface area contributed by atoms with Crippen molar-refractivity contribution < 1.29 is 9.59 Å². The van der Waals surface area contributed by atoms with E-state index in [-0.39, 0.29) is 36.2 Å². The average molecular weight is 314 g/mol. The normalized spacial score (nSPS) is 11.5. The van der Waals surface area contributed by atoms with Crippen molar-refractivity contribution in [2.75, 3.05) is 18.9 Å². The molecule has 1 rings (SSSR count). The Labute approximate surface area is 132 Å². The summed E-state index contributed by atoms with van der Waals surface area (Å²) in [6, 6.07) is 7.10. The fourth-order valence-electron chi connectivity index (χ4n) is 1.44. The van der Waals surface area contributed by atoms with Gasteiger partial charge in [-0.2, -0.15) is 0 Å². The summed E-state index contributed by atoms with van der Waals surface area (Å²) in [7, 11) is 1.85. The highest BCUT2D eigenvalue weighted by Gasteiger charge is 2.09. The molecular weight excluding hydrogens is 290 g/mol. The highest BCUT2D eigenvalue weighted by molar-refractivity contribution is 5.96. The molecule has 0 aliphatic carbocycles. The van der Waals surface area contributed by atoms with Gasteiger partial charge in [0.2, 0.25) is 5.91 Å². The van der Waals surface area contributed by atoms with E-state index in [0.29, 0.717) is 17.8 Å². The van der Waals surface area contributed by atoms with Gasteiger partial charge in [0.1, 0.15) is 0 Å². The van der Waals surface area contributed by atoms with E-state index in [1.165, 1.54) is 0 Å². The van der Waals surface area contributed by atoms with Gasteiger partial charge in [-0.15, -0.1) is 12.4 Å². The highest BCUT2D eigenvalue weighted by atomic mass is 35.5. The largest absolute Gasteiger partial charge is 0.350 e. The summed E-state index contributed by atoms with van der Waals surface area (Å²) in [4.78, 5) is 23.4. The number of hydrogen-bond acceptors (Lipinski definition) is 3. The molecule has 2 amide bonds. The minimum Gasteiger partial charge on any atom is -0.350 e. The second-order valence-corrected chi connectivity index (χ2v) is 5.12. The lowest BCUT2D eigenvalue weighted by molar-refractivity contribution is -0.118. The zero-order valence-electron chi connectivity index (χ0n) is 12.9. The Kier molecular flexibility index (Phi) is 8.66. The number of amides is 2. The first-order valence-corrected chi connectivity index (χ1v) is 6.80. The van der Waals surface area contributed by atoms with Crippen molar-refractivity contribution in [3.63, 3.8) is 0 Å². The minimum atomic E-state index is -0.117. The van der Waals surface area contributed by atoms with E-state index < -0.39 is 0 Å². The van der Waals surface area contributed by atoms with Crippen LogP contribution in [0.2, 0.25) is 0 Å². The van der Waals surface area contributed by atoms with Crippen molar-refractivity contribution in [2.24, 2.45) is 5.92 Å². The molecule has 0 radical (unpaired) electrons. The summed E-state index contributed by atoms with van der Waals surface area (Å²) in [5.74, 6) is -0.222. The molecule has 0 fully saturated rings. The average Bonchev–Trinajstić information content (AvgIpc) is 2.44. The number of likely N-dealkylation sites (N-methyl/N-ethyl adjacent to an activating group) is 1. The SMILES string of the molecule is CNC(C)CNC(=O)c1ccc(NC(=O)C(C)C)cc1.Cl. The molecule has 1 unspecified atom stereocenters. The van der Waals surface area contributed by atoms with Crippen molar-refractivity contribution >= 4 is 29.9 Å². The lowest BCUT2D eigenvalue weighted by atomic mass is 10.1. The molecule has 0 aliphatic heterocycles. The Morgan fingerprint density at radius 1 is 1.10 bits per heavy atom. The molecular formula is C15H24ClN3O2. The molecule has 6 heteroatoms. The molecule has 1 aromatic carbocycles. The third-order valence-electron chi connectivity index (χ3n) is 3.00. The van der Waals surface area contributed by atoms with Crippen LogP contribution >= 0.6 is 12.4 Å². The van der Waals surface area contributed by atoms with E-state index in [0.717, 1.165) is 0 Å². The van der Waals surface area contributed by atoms with Crippen molar-refractivity contribution in [1.82, 2.24) is 10.6 Å². The van der Waals surface area contributed by atoms with E-state index in [2.05, 4.69) is 16.0 Å². The van der Waals surface area contributed by atoms with Crippen LogP contribution < -0.4 is 16.0 Å². The number of carbonyl (C=O) groups is 2.